The second kappa shape index (κ2) is 30.2. The standard InChI is InChI=1S/C24H23N2.3C23H22N3/c1-16-11-17(2)18(3)23(12-16)24-14-22-13-20(19-7-9-25-10-8-19)5-6-21(22)15-26(24)4;1-15-10-16(2)17(3)21(11-15)22-13-20-12-18(23-24-8-5-9-25-23)6-7-19(20)14-26(22)4;1-15-9-16(2)17(3)21(10-15)23-12-20-11-18(22-13-24-7-8-25-22)5-6-19(20)14-26(23)4;1-15-9-16(2)17(3)21(10-15)23-12-20-11-18(22-7-8-24-14-25-22)5-6-19(20)13-26(23)4/h5-15H,1-4H3;3*5-14H,1-4H3/q4*+1. The molecule has 0 N–H and O–H groups in total. The molecule has 8 aromatic carbocycles. The Morgan fingerprint density at radius 2 is 0.606 bits per heavy atom. The third-order valence-corrected chi connectivity index (χ3v) is 20.3. The fourth-order valence-corrected chi connectivity index (χ4v) is 14.2. The summed E-state index contributed by atoms with van der Waals surface area (Å²) >= 11 is 0. The molecule has 11 heteroatoms. The molecule has 16 rings (SSSR count). The zero-order valence-electron chi connectivity index (χ0n) is 62.6. The van der Waals surface area contributed by atoms with E-state index in [0.29, 0.717) is 0 Å². The molecule has 0 bridgehead atoms. The summed E-state index contributed by atoms with van der Waals surface area (Å²) in [5.74, 6) is 0.756. The molecular formula is C93H89N11+4. The third-order valence-electron chi connectivity index (χ3n) is 20.3. The molecule has 0 amide bonds. The summed E-state index contributed by atoms with van der Waals surface area (Å²) < 4.78 is 8.87. The molecule has 11 nitrogen and oxygen atoms in total. The van der Waals surface area contributed by atoms with Gasteiger partial charge in [-0.25, -0.2) is 38.2 Å². The Hall–Kier alpha value is -12.2. The fourth-order valence-electron chi connectivity index (χ4n) is 14.2. The number of hydrogen-bond acceptors (Lipinski definition) is 7. The lowest BCUT2D eigenvalue weighted by Crippen LogP contribution is -2.30. The average molecular weight is 1360 g/mol. The Labute approximate surface area is 611 Å². The number of nitrogens with zero attached hydrogens (tertiary/aromatic N) is 11. The molecular weight excluding hydrogens is 1270 g/mol. The highest BCUT2D eigenvalue weighted by molar-refractivity contribution is 5.92. The summed E-state index contributed by atoms with van der Waals surface area (Å²) in [5, 5.41) is 9.76. The first kappa shape index (κ1) is 70.2. The Balaban J connectivity index is 0.000000123. The average Bonchev–Trinajstić information content (AvgIpc) is 0.794. The van der Waals surface area contributed by atoms with E-state index in [0.717, 1.165) is 33.9 Å². The highest BCUT2D eigenvalue weighted by Crippen LogP contribution is 2.35. The van der Waals surface area contributed by atoms with Gasteiger partial charge >= 0.3 is 0 Å². The van der Waals surface area contributed by atoms with Crippen molar-refractivity contribution in [1.82, 2.24) is 34.9 Å². The summed E-state index contributed by atoms with van der Waals surface area (Å²) in [5.41, 5.74) is 33.4. The van der Waals surface area contributed by atoms with Crippen LogP contribution >= 0.6 is 0 Å². The van der Waals surface area contributed by atoms with Crippen molar-refractivity contribution < 1.29 is 18.3 Å². The van der Waals surface area contributed by atoms with Crippen molar-refractivity contribution in [2.75, 3.05) is 0 Å². The van der Waals surface area contributed by atoms with Gasteiger partial charge in [-0.3, -0.25) is 15.0 Å². The molecule has 0 aliphatic rings. The Morgan fingerprint density at radius 3 is 0.981 bits per heavy atom. The summed E-state index contributed by atoms with van der Waals surface area (Å²) in [6, 6.07) is 61.1. The van der Waals surface area contributed by atoms with Crippen LogP contribution in [0.5, 0.6) is 0 Å². The first-order valence-electron chi connectivity index (χ1n) is 35.4. The molecule has 0 aliphatic heterocycles. The molecule has 16 aromatic rings. The monoisotopic (exact) mass is 1360 g/mol. The molecule has 104 heavy (non-hydrogen) atoms. The predicted octanol–water partition coefficient (Wildman–Crippen LogP) is 19.5. The van der Waals surface area contributed by atoms with E-state index in [1.54, 1.807) is 43.5 Å². The number of aromatic nitrogens is 11. The second-order valence-electron chi connectivity index (χ2n) is 28.0. The SMILES string of the molecule is Cc1cc(C)c(C)c(-c2cc3cc(-c4ccncc4)ccc3c[n+]2C)c1.Cc1cc(C)c(C)c(-c2cc3cc(-c4ccncn4)ccc3c[n+]2C)c1.Cc1cc(C)c(C)c(-c2cc3cc(-c4cnccn4)ccc3c[n+]2C)c1.Cc1cc(C)c(C)c(-c2cc3cc(-c4ncccn4)ccc3c[n+]2C)c1. The van der Waals surface area contributed by atoms with Crippen LogP contribution in [0.15, 0.2) is 251 Å². The van der Waals surface area contributed by atoms with E-state index in [2.05, 4.69) is 347 Å². The zero-order valence-corrected chi connectivity index (χ0v) is 62.6. The molecule has 0 saturated heterocycles. The molecule has 8 heterocycles. The van der Waals surface area contributed by atoms with Crippen LogP contribution in [-0.2, 0) is 28.2 Å². The van der Waals surface area contributed by atoms with Gasteiger partial charge in [0, 0.05) is 128 Å². The quantitative estimate of drug-likeness (QED) is 0.140. The normalized spacial score (nSPS) is 11.1. The van der Waals surface area contributed by atoms with Crippen LogP contribution < -0.4 is 18.3 Å². The summed E-state index contributed by atoms with van der Waals surface area (Å²) in [6.45, 7) is 26.2. The van der Waals surface area contributed by atoms with Gasteiger partial charge < -0.3 is 0 Å². The highest BCUT2D eigenvalue weighted by atomic mass is 14.9. The first-order valence-corrected chi connectivity index (χ1v) is 35.4. The number of pyridine rings is 5. The minimum atomic E-state index is 0.756. The summed E-state index contributed by atoms with van der Waals surface area (Å²) in [6.07, 6.45) is 24.7. The molecule has 0 atom stereocenters. The second-order valence-corrected chi connectivity index (χ2v) is 28.0. The zero-order chi connectivity index (χ0) is 73.0. The van der Waals surface area contributed by atoms with E-state index >= 15 is 0 Å². The number of fused-ring (bicyclic) bond motifs is 4. The van der Waals surface area contributed by atoms with E-state index < -0.39 is 0 Å². The number of aryl methyl sites for hydroxylation is 12. The Morgan fingerprint density at radius 1 is 0.250 bits per heavy atom. The van der Waals surface area contributed by atoms with Gasteiger partial charge in [-0.15, -0.1) is 0 Å². The molecule has 0 radical (unpaired) electrons. The topological polar surface area (TPSA) is 106 Å². The van der Waals surface area contributed by atoms with Crippen molar-refractivity contribution >= 4 is 43.1 Å². The fraction of sp³-hybridized carbons (Fsp3) is 0.172. The minimum Gasteiger partial charge on any atom is -0.265 e. The number of rotatable bonds is 8. The maximum atomic E-state index is 4.42. The lowest BCUT2D eigenvalue weighted by atomic mass is 9.95. The van der Waals surface area contributed by atoms with Crippen LogP contribution in [0, 0.1) is 83.1 Å². The van der Waals surface area contributed by atoms with Crippen molar-refractivity contribution in [2.24, 2.45) is 28.2 Å². The van der Waals surface area contributed by atoms with Crippen molar-refractivity contribution in [3.8, 4) is 90.1 Å². The minimum absolute atomic E-state index is 0.756. The van der Waals surface area contributed by atoms with Gasteiger partial charge in [0.25, 0.3) is 0 Å². The maximum absolute atomic E-state index is 4.42. The molecule has 0 aliphatic carbocycles. The van der Waals surface area contributed by atoms with Crippen LogP contribution in [0.3, 0.4) is 0 Å². The van der Waals surface area contributed by atoms with Gasteiger partial charge in [0.15, 0.2) is 30.6 Å². The lowest BCUT2D eigenvalue weighted by Gasteiger charge is -2.10. The van der Waals surface area contributed by atoms with Gasteiger partial charge in [0.2, 0.25) is 22.8 Å². The smallest absolute Gasteiger partial charge is 0.213 e. The summed E-state index contributed by atoms with van der Waals surface area (Å²) in [7, 11) is 8.47. The van der Waals surface area contributed by atoms with Crippen molar-refractivity contribution in [2.45, 2.75) is 83.1 Å². The summed E-state index contributed by atoms with van der Waals surface area (Å²) in [4.78, 5) is 29.9. The molecule has 0 fully saturated rings. The van der Waals surface area contributed by atoms with E-state index in [1.807, 2.05) is 24.5 Å². The van der Waals surface area contributed by atoms with Crippen LogP contribution in [-0.4, -0.2) is 34.9 Å². The van der Waals surface area contributed by atoms with E-state index in [9.17, 15) is 0 Å². The molecule has 0 spiro atoms. The first-order chi connectivity index (χ1) is 50.1. The van der Waals surface area contributed by atoms with E-state index in [4.69, 9.17) is 0 Å². The maximum Gasteiger partial charge on any atom is 0.213 e. The lowest BCUT2D eigenvalue weighted by molar-refractivity contribution is -0.659. The van der Waals surface area contributed by atoms with Gasteiger partial charge in [0.05, 0.1) is 17.6 Å². The van der Waals surface area contributed by atoms with Crippen LogP contribution in [0.1, 0.15) is 66.8 Å². The van der Waals surface area contributed by atoms with Gasteiger partial charge in [-0.05, 0) is 257 Å². The van der Waals surface area contributed by atoms with Crippen molar-refractivity contribution in [3.63, 3.8) is 0 Å². The van der Waals surface area contributed by atoms with Crippen LogP contribution in [0.25, 0.3) is 133 Å². The number of hydrogen-bond donors (Lipinski definition) is 0. The molecule has 0 unspecified atom stereocenters. The van der Waals surface area contributed by atoms with Crippen LogP contribution in [0.2, 0.25) is 0 Å². The van der Waals surface area contributed by atoms with Crippen LogP contribution in [0.4, 0.5) is 0 Å². The van der Waals surface area contributed by atoms with Gasteiger partial charge in [0.1, 0.15) is 34.5 Å². The molecule has 8 aromatic heterocycles. The largest absolute Gasteiger partial charge is 0.265 e. The molecule has 512 valence electrons. The number of benzene rings is 8. The van der Waals surface area contributed by atoms with Gasteiger partial charge in [-0.1, -0.05) is 70.8 Å². The van der Waals surface area contributed by atoms with Crippen molar-refractivity contribution in [3.05, 3.63) is 317 Å². The van der Waals surface area contributed by atoms with Gasteiger partial charge in [-0.2, -0.15) is 0 Å². The Kier molecular flexibility index (Phi) is 20.4. The third kappa shape index (κ3) is 15.2. The molecule has 0 saturated carbocycles. The Bertz CT molecular complexity index is 5190. The predicted molar refractivity (Wildman–Crippen MR) is 425 cm³/mol. The van der Waals surface area contributed by atoms with E-state index in [-0.39, 0.29) is 0 Å². The van der Waals surface area contributed by atoms with Crippen molar-refractivity contribution in [1.29, 1.82) is 0 Å². The van der Waals surface area contributed by atoms with E-state index in [1.165, 1.54) is 166 Å². The highest BCUT2D eigenvalue weighted by Gasteiger charge is 2.22.